The molecule has 1 N–H and O–H groups in total. The number of nitrogens with zero attached hydrogens (tertiary/aromatic N) is 3. The van der Waals surface area contributed by atoms with Gasteiger partial charge in [0.1, 0.15) is 0 Å². The maximum Gasteiger partial charge on any atom is 0.416 e. The van der Waals surface area contributed by atoms with Gasteiger partial charge < -0.3 is 19.8 Å². The van der Waals surface area contributed by atoms with E-state index in [2.05, 4.69) is 18.7 Å². The summed E-state index contributed by atoms with van der Waals surface area (Å²) >= 11 is 12.3. The van der Waals surface area contributed by atoms with Gasteiger partial charge in [-0.25, -0.2) is 0 Å². The predicted molar refractivity (Wildman–Crippen MR) is 148 cm³/mol. The van der Waals surface area contributed by atoms with E-state index in [0.717, 1.165) is 30.8 Å². The second-order valence-electron chi connectivity index (χ2n) is 10.1. The number of anilines is 1. The number of amides is 2. The molecular weight excluding hydrogens is 578 g/mol. The minimum atomic E-state index is -4.97. The Morgan fingerprint density at radius 2 is 1.74 bits per heavy atom. The predicted octanol–water partition coefficient (Wildman–Crippen LogP) is 5.84. The van der Waals surface area contributed by atoms with Crippen LogP contribution in [0.25, 0.3) is 0 Å². The monoisotopic (exact) mass is 607 g/mol. The minimum Gasteiger partial charge on any atom is -0.372 e. The van der Waals surface area contributed by atoms with E-state index in [1.807, 2.05) is 0 Å². The number of alkyl halides is 3. The zero-order valence-corrected chi connectivity index (χ0v) is 24.3. The Kier molecular flexibility index (Phi) is 9.24. The van der Waals surface area contributed by atoms with E-state index in [-0.39, 0.29) is 51.7 Å². The summed E-state index contributed by atoms with van der Waals surface area (Å²) in [6, 6.07) is 6.15. The van der Waals surface area contributed by atoms with Gasteiger partial charge in [0.15, 0.2) is 5.60 Å². The van der Waals surface area contributed by atoms with E-state index in [0.29, 0.717) is 12.1 Å². The average Bonchev–Trinajstić information content (AvgIpc) is 3.03. The van der Waals surface area contributed by atoms with Gasteiger partial charge in [0.05, 0.1) is 11.3 Å². The number of rotatable bonds is 7. The van der Waals surface area contributed by atoms with Crippen LogP contribution in [0.3, 0.4) is 0 Å². The molecule has 12 heteroatoms. The van der Waals surface area contributed by atoms with Crippen LogP contribution in [0.4, 0.5) is 18.9 Å². The fourth-order valence-corrected chi connectivity index (χ4v) is 6.14. The van der Waals surface area contributed by atoms with Crippen molar-refractivity contribution < 1.29 is 27.9 Å². The molecule has 0 radical (unpaired) electrons. The second kappa shape index (κ2) is 11.4. The Balaban J connectivity index is 0.00000420. The van der Waals surface area contributed by atoms with Crippen LogP contribution in [0.2, 0.25) is 10.0 Å². The van der Waals surface area contributed by atoms with E-state index in [9.17, 15) is 27.9 Å². The van der Waals surface area contributed by atoms with Crippen LogP contribution in [0.5, 0.6) is 0 Å². The lowest BCUT2D eigenvalue weighted by molar-refractivity contribution is -0.142. The maximum atomic E-state index is 14.5. The summed E-state index contributed by atoms with van der Waals surface area (Å²) in [5.41, 5.74) is -5.20. The molecule has 0 bridgehead atoms. The van der Waals surface area contributed by atoms with Crippen molar-refractivity contribution in [3.63, 3.8) is 0 Å². The lowest BCUT2D eigenvalue weighted by Crippen LogP contribution is -2.50. The minimum absolute atomic E-state index is 0. The first kappa shape index (κ1) is 31.5. The van der Waals surface area contributed by atoms with Crippen molar-refractivity contribution in [3.05, 3.63) is 62.6 Å². The van der Waals surface area contributed by atoms with Crippen molar-refractivity contribution in [3.8, 4) is 0 Å². The van der Waals surface area contributed by atoms with Crippen molar-refractivity contribution in [2.24, 2.45) is 5.92 Å². The van der Waals surface area contributed by atoms with Crippen LogP contribution in [0.15, 0.2) is 30.3 Å². The van der Waals surface area contributed by atoms with Crippen LogP contribution in [-0.2, 0) is 16.6 Å². The lowest BCUT2D eigenvalue weighted by atomic mass is 9.78. The molecule has 1 aliphatic heterocycles. The Morgan fingerprint density at radius 1 is 1.13 bits per heavy atom. The number of fused-ring (bicyclic) bond motifs is 1. The molecule has 214 valence electrons. The van der Waals surface area contributed by atoms with Crippen LogP contribution < -0.4 is 4.90 Å². The third kappa shape index (κ3) is 5.48. The van der Waals surface area contributed by atoms with Crippen LogP contribution in [0, 0.1) is 5.92 Å². The maximum absolute atomic E-state index is 14.5. The molecule has 1 saturated carbocycles. The smallest absolute Gasteiger partial charge is 0.372 e. The van der Waals surface area contributed by atoms with Gasteiger partial charge in [0.2, 0.25) is 0 Å². The average molecular weight is 609 g/mol. The van der Waals surface area contributed by atoms with Crippen LogP contribution in [-0.4, -0.2) is 66.5 Å². The van der Waals surface area contributed by atoms with Gasteiger partial charge in [-0.15, -0.1) is 12.4 Å². The van der Waals surface area contributed by atoms with E-state index in [1.165, 1.54) is 43.3 Å². The molecule has 1 fully saturated rings. The molecular formula is C27H31Cl3F3N3O3. The standard InChI is InChI=1S/C27H30Cl2F3N3O3.ClH/c1-5-34(6-2)18-9-15(10-18)14-35-22-12-16(24(36)33(3)4)11-20(27(30,31)32)23(22)26(38,25(35)37)19-8-7-17(28)13-21(19)29;/h7-8,11-13,15,18,38H,5-6,9-10,14H2,1-4H3;1H/t15-,18-,26?;. The van der Waals surface area contributed by atoms with Crippen molar-refractivity contribution >= 4 is 53.1 Å². The Morgan fingerprint density at radius 3 is 2.26 bits per heavy atom. The first-order chi connectivity index (χ1) is 17.7. The zero-order valence-electron chi connectivity index (χ0n) is 22.0. The Labute approximate surface area is 242 Å². The van der Waals surface area contributed by atoms with Gasteiger partial charge in [0.25, 0.3) is 11.8 Å². The summed E-state index contributed by atoms with van der Waals surface area (Å²) < 4.78 is 43.5. The van der Waals surface area contributed by atoms with Crippen molar-refractivity contribution in [1.29, 1.82) is 0 Å². The molecule has 6 nitrogen and oxygen atoms in total. The van der Waals surface area contributed by atoms with E-state index in [1.54, 1.807) is 0 Å². The summed E-state index contributed by atoms with van der Waals surface area (Å²) in [6.45, 7) is 5.98. The first-order valence-electron chi connectivity index (χ1n) is 12.4. The molecule has 2 aliphatic rings. The van der Waals surface area contributed by atoms with Gasteiger partial charge in [-0.3, -0.25) is 9.59 Å². The molecule has 1 aliphatic carbocycles. The Hall–Kier alpha value is -2.04. The highest BCUT2D eigenvalue weighted by atomic mass is 35.5. The molecule has 1 unspecified atom stereocenters. The second-order valence-corrected chi connectivity index (χ2v) is 10.9. The molecule has 1 heterocycles. The van der Waals surface area contributed by atoms with E-state index in [4.69, 9.17) is 23.2 Å². The number of halogens is 6. The fourth-order valence-electron chi connectivity index (χ4n) is 5.60. The molecule has 2 amide bonds. The summed E-state index contributed by atoms with van der Waals surface area (Å²) in [5, 5.41) is 12.0. The SMILES string of the molecule is CCN(CC)[C@H]1C[C@H](CN2C(=O)C(O)(c3ccc(Cl)cc3Cl)c3c2cc(C(=O)N(C)C)cc3C(F)(F)F)C1.Cl. The van der Waals surface area contributed by atoms with Gasteiger partial charge in [-0.1, -0.05) is 43.1 Å². The number of aliphatic hydroxyl groups is 1. The van der Waals surface area contributed by atoms with Crippen molar-refractivity contribution in [2.45, 2.75) is 44.5 Å². The summed E-state index contributed by atoms with van der Waals surface area (Å²) in [4.78, 5) is 31.3. The third-order valence-electron chi connectivity index (χ3n) is 7.58. The largest absolute Gasteiger partial charge is 0.416 e. The molecule has 2 aromatic rings. The summed E-state index contributed by atoms with van der Waals surface area (Å²) in [6.07, 6.45) is -3.44. The summed E-state index contributed by atoms with van der Waals surface area (Å²) in [5.74, 6) is -1.58. The highest BCUT2D eigenvalue weighted by Crippen LogP contribution is 2.53. The van der Waals surface area contributed by atoms with Gasteiger partial charge >= 0.3 is 6.18 Å². The molecule has 0 saturated heterocycles. The molecule has 4 rings (SSSR count). The normalized spacial score (nSPS) is 22.4. The highest BCUT2D eigenvalue weighted by molar-refractivity contribution is 6.35. The quantitative estimate of drug-likeness (QED) is 0.429. The fraction of sp³-hybridized carbons (Fsp3) is 0.481. The molecule has 1 atom stereocenters. The number of benzene rings is 2. The van der Waals surface area contributed by atoms with Gasteiger partial charge in [-0.05, 0) is 56.1 Å². The number of carbonyl (C=O) groups excluding carboxylic acids is 2. The van der Waals surface area contributed by atoms with Crippen LogP contribution >= 0.6 is 35.6 Å². The molecule has 39 heavy (non-hydrogen) atoms. The van der Waals surface area contributed by atoms with Crippen molar-refractivity contribution in [2.75, 3.05) is 38.6 Å². The number of hydrogen-bond acceptors (Lipinski definition) is 4. The van der Waals surface area contributed by atoms with Gasteiger partial charge in [0, 0.05) is 53.4 Å². The summed E-state index contributed by atoms with van der Waals surface area (Å²) in [7, 11) is 2.86. The molecule has 2 aromatic carbocycles. The van der Waals surface area contributed by atoms with Crippen LogP contribution in [0.1, 0.15) is 53.7 Å². The zero-order chi connectivity index (χ0) is 28.2. The lowest BCUT2D eigenvalue weighted by Gasteiger charge is -2.43. The third-order valence-corrected chi connectivity index (χ3v) is 8.13. The molecule has 0 spiro atoms. The topological polar surface area (TPSA) is 64.1 Å². The highest BCUT2D eigenvalue weighted by Gasteiger charge is 2.57. The van der Waals surface area contributed by atoms with Crippen molar-refractivity contribution in [1.82, 2.24) is 9.80 Å². The first-order valence-corrected chi connectivity index (χ1v) is 13.2. The molecule has 0 aromatic heterocycles. The van der Waals surface area contributed by atoms with E-state index >= 15 is 0 Å². The van der Waals surface area contributed by atoms with E-state index < -0.39 is 34.7 Å². The number of carbonyl (C=O) groups is 2. The number of hydrogen-bond donors (Lipinski definition) is 1. The Bertz CT molecular complexity index is 1260. The van der Waals surface area contributed by atoms with Gasteiger partial charge in [-0.2, -0.15) is 13.2 Å².